The highest BCUT2D eigenvalue weighted by Gasteiger charge is 2.06. The number of rotatable bonds is 8. The summed E-state index contributed by atoms with van der Waals surface area (Å²) in [5.41, 5.74) is 4.77. The highest BCUT2D eigenvalue weighted by atomic mass is 19.3. The predicted molar refractivity (Wildman–Crippen MR) is 94.7 cm³/mol. The van der Waals surface area contributed by atoms with E-state index < -0.39 is 12.5 Å². The van der Waals surface area contributed by atoms with Crippen LogP contribution >= 0.6 is 0 Å². The van der Waals surface area contributed by atoms with Gasteiger partial charge in [0.2, 0.25) is 0 Å². The van der Waals surface area contributed by atoms with Crippen LogP contribution in [-0.4, -0.2) is 24.8 Å². The molecule has 0 aliphatic carbocycles. The number of halogens is 2. The summed E-state index contributed by atoms with van der Waals surface area (Å²) < 4.78 is 33.9. The van der Waals surface area contributed by atoms with Crippen molar-refractivity contribution in [3.05, 3.63) is 59.7 Å². The van der Waals surface area contributed by atoms with Crippen LogP contribution in [0.5, 0.6) is 11.5 Å². The van der Waals surface area contributed by atoms with Crippen molar-refractivity contribution in [3.63, 3.8) is 0 Å². The standard InChI is InChI=1S/C19H20F2N2O3/c1-3-14-4-8-16(9-5-14)25-12-18(24)23-22-13(2)15-6-10-17(11-7-15)26-19(20)21/h4-11,19H,3,12H2,1-2H3,(H,23,24)/b22-13+. The normalized spacial score (nSPS) is 11.3. The van der Waals surface area contributed by atoms with Crippen LogP contribution in [0.1, 0.15) is 25.0 Å². The van der Waals surface area contributed by atoms with E-state index in [4.69, 9.17) is 4.74 Å². The molecule has 5 nitrogen and oxygen atoms in total. The molecular formula is C19H20F2N2O3. The quantitative estimate of drug-likeness (QED) is 0.574. The first-order valence-electron chi connectivity index (χ1n) is 8.08. The second kappa shape index (κ2) is 9.50. The first-order valence-corrected chi connectivity index (χ1v) is 8.08. The van der Waals surface area contributed by atoms with Gasteiger partial charge >= 0.3 is 6.61 Å². The van der Waals surface area contributed by atoms with Crippen molar-refractivity contribution < 1.29 is 23.0 Å². The average molecular weight is 362 g/mol. The Bertz CT molecular complexity index is 744. The number of nitrogens with one attached hydrogen (secondary N) is 1. The minimum absolute atomic E-state index is 0.0584. The lowest BCUT2D eigenvalue weighted by Crippen LogP contribution is -2.25. The lowest BCUT2D eigenvalue weighted by molar-refractivity contribution is -0.123. The van der Waals surface area contributed by atoms with Gasteiger partial charge in [-0.3, -0.25) is 4.79 Å². The summed E-state index contributed by atoms with van der Waals surface area (Å²) in [5.74, 6) is 0.261. The van der Waals surface area contributed by atoms with Gasteiger partial charge in [0.25, 0.3) is 5.91 Å². The average Bonchev–Trinajstić information content (AvgIpc) is 2.65. The van der Waals surface area contributed by atoms with Crippen molar-refractivity contribution in [2.75, 3.05) is 6.61 Å². The molecule has 138 valence electrons. The van der Waals surface area contributed by atoms with Crippen LogP contribution in [0.15, 0.2) is 53.6 Å². The van der Waals surface area contributed by atoms with Crippen LogP contribution in [0.4, 0.5) is 8.78 Å². The monoisotopic (exact) mass is 362 g/mol. The lowest BCUT2D eigenvalue weighted by Gasteiger charge is -2.07. The Morgan fingerprint density at radius 3 is 2.27 bits per heavy atom. The molecule has 0 atom stereocenters. The predicted octanol–water partition coefficient (Wildman–Crippen LogP) is 3.77. The number of ether oxygens (including phenoxy) is 2. The Morgan fingerprint density at radius 1 is 1.08 bits per heavy atom. The number of nitrogens with zero attached hydrogens (tertiary/aromatic N) is 1. The molecule has 0 aromatic heterocycles. The maximum atomic E-state index is 12.1. The van der Waals surface area contributed by atoms with Gasteiger partial charge in [0.15, 0.2) is 6.61 Å². The van der Waals surface area contributed by atoms with E-state index >= 15 is 0 Å². The van der Waals surface area contributed by atoms with Crippen molar-refractivity contribution in [2.24, 2.45) is 5.10 Å². The third-order valence-electron chi connectivity index (χ3n) is 3.55. The van der Waals surface area contributed by atoms with Gasteiger partial charge in [0.1, 0.15) is 11.5 Å². The van der Waals surface area contributed by atoms with E-state index in [1.165, 1.54) is 17.7 Å². The van der Waals surface area contributed by atoms with Gasteiger partial charge in [-0.25, -0.2) is 5.43 Å². The maximum absolute atomic E-state index is 12.1. The van der Waals surface area contributed by atoms with Crippen LogP contribution in [0, 0.1) is 0 Å². The number of aryl methyl sites for hydroxylation is 1. The number of benzene rings is 2. The van der Waals surface area contributed by atoms with Gasteiger partial charge < -0.3 is 9.47 Å². The summed E-state index contributed by atoms with van der Waals surface area (Å²) in [7, 11) is 0. The molecule has 0 bridgehead atoms. The second-order valence-electron chi connectivity index (χ2n) is 5.42. The van der Waals surface area contributed by atoms with E-state index in [0.717, 1.165) is 6.42 Å². The number of alkyl halides is 2. The second-order valence-corrected chi connectivity index (χ2v) is 5.42. The van der Waals surface area contributed by atoms with Crippen LogP contribution in [0.2, 0.25) is 0 Å². The van der Waals surface area contributed by atoms with Crippen LogP contribution in [0.25, 0.3) is 0 Å². The highest BCUT2D eigenvalue weighted by molar-refractivity contribution is 5.99. The van der Waals surface area contributed by atoms with E-state index in [2.05, 4.69) is 22.2 Å². The van der Waals surface area contributed by atoms with E-state index in [0.29, 0.717) is 17.0 Å². The summed E-state index contributed by atoms with van der Waals surface area (Å²) in [5, 5.41) is 3.97. The number of hydrogen-bond donors (Lipinski definition) is 1. The molecule has 0 spiro atoms. The summed E-state index contributed by atoms with van der Waals surface area (Å²) in [6.45, 7) is 0.716. The number of carbonyl (C=O) groups excluding carboxylic acids is 1. The molecule has 0 unspecified atom stereocenters. The largest absolute Gasteiger partial charge is 0.484 e. The Balaban J connectivity index is 1.84. The SMILES string of the molecule is CCc1ccc(OCC(=O)N/N=C(\C)c2ccc(OC(F)F)cc2)cc1. The molecule has 0 aliphatic rings. The van der Waals surface area contributed by atoms with Crippen molar-refractivity contribution in [1.82, 2.24) is 5.43 Å². The molecule has 0 saturated heterocycles. The number of carbonyl (C=O) groups is 1. The molecule has 2 aromatic carbocycles. The fourth-order valence-electron chi connectivity index (χ4n) is 2.09. The molecule has 0 fully saturated rings. The number of hydrazone groups is 1. The zero-order chi connectivity index (χ0) is 18.9. The number of hydrogen-bond acceptors (Lipinski definition) is 4. The van der Waals surface area contributed by atoms with Gasteiger partial charge in [-0.1, -0.05) is 19.1 Å². The third-order valence-corrected chi connectivity index (χ3v) is 3.55. The minimum atomic E-state index is -2.87. The van der Waals surface area contributed by atoms with Crippen molar-refractivity contribution >= 4 is 11.6 Å². The zero-order valence-electron chi connectivity index (χ0n) is 14.5. The molecule has 2 aromatic rings. The van der Waals surface area contributed by atoms with Crippen LogP contribution < -0.4 is 14.9 Å². The van der Waals surface area contributed by atoms with E-state index in [-0.39, 0.29) is 12.4 Å². The first-order chi connectivity index (χ1) is 12.5. The summed E-state index contributed by atoms with van der Waals surface area (Å²) in [6.07, 6.45) is 0.935. The molecule has 0 saturated carbocycles. The van der Waals surface area contributed by atoms with Crippen LogP contribution in [-0.2, 0) is 11.2 Å². The molecule has 1 N–H and O–H groups in total. The zero-order valence-corrected chi connectivity index (χ0v) is 14.5. The van der Waals surface area contributed by atoms with E-state index in [9.17, 15) is 13.6 Å². The Kier molecular flexibility index (Phi) is 7.08. The van der Waals surface area contributed by atoms with Gasteiger partial charge in [-0.05, 0) is 60.9 Å². The van der Waals surface area contributed by atoms with Gasteiger partial charge in [0.05, 0.1) is 5.71 Å². The topological polar surface area (TPSA) is 59.9 Å². The van der Waals surface area contributed by atoms with Crippen LogP contribution in [0.3, 0.4) is 0 Å². The first kappa shape index (κ1) is 19.4. The Morgan fingerprint density at radius 2 is 1.69 bits per heavy atom. The van der Waals surface area contributed by atoms with Crippen molar-refractivity contribution in [2.45, 2.75) is 26.9 Å². The Labute approximate surface area is 150 Å². The molecule has 7 heteroatoms. The molecular weight excluding hydrogens is 342 g/mol. The highest BCUT2D eigenvalue weighted by Crippen LogP contribution is 2.15. The summed E-state index contributed by atoms with van der Waals surface area (Å²) in [6, 6.07) is 13.5. The maximum Gasteiger partial charge on any atom is 0.387 e. The van der Waals surface area contributed by atoms with Crippen molar-refractivity contribution in [3.8, 4) is 11.5 Å². The van der Waals surface area contributed by atoms with E-state index in [1.807, 2.05) is 24.3 Å². The van der Waals surface area contributed by atoms with Gasteiger partial charge in [-0.15, -0.1) is 0 Å². The molecule has 26 heavy (non-hydrogen) atoms. The van der Waals surface area contributed by atoms with Gasteiger partial charge in [0, 0.05) is 0 Å². The molecule has 1 amide bonds. The van der Waals surface area contributed by atoms with E-state index in [1.54, 1.807) is 19.1 Å². The summed E-state index contributed by atoms with van der Waals surface area (Å²) >= 11 is 0. The fourth-order valence-corrected chi connectivity index (χ4v) is 2.09. The lowest BCUT2D eigenvalue weighted by atomic mass is 10.1. The Hall–Kier alpha value is -2.96. The van der Waals surface area contributed by atoms with Crippen molar-refractivity contribution in [1.29, 1.82) is 0 Å². The number of amides is 1. The molecule has 0 aliphatic heterocycles. The van der Waals surface area contributed by atoms with Gasteiger partial charge in [-0.2, -0.15) is 13.9 Å². The molecule has 0 radical (unpaired) electrons. The summed E-state index contributed by atoms with van der Waals surface area (Å²) in [4.78, 5) is 11.8. The molecule has 0 heterocycles. The third kappa shape index (κ3) is 6.16. The minimum Gasteiger partial charge on any atom is -0.484 e. The smallest absolute Gasteiger partial charge is 0.387 e. The fraction of sp³-hybridized carbons (Fsp3) is 0.263. The molecule has 2 rings (SSSR count).